The third kappa shape index (κ3) is 3.61. The molecule has 0 aliphatic carbocycles. The Morgan fingerprint density at radius 3 is 1.67 bits per heavy atom. The fourth-order valence-electron chi connectivity index (χ4n) is 1.50. The van der Waals surface area contributed by atoms with Crippen molar-refractivity contribution in [1.82, 2.24) is 0 Å². The summed E-state index contributed by atoms with van der Waals surface area (Å²) >= 11 is 0. The molecule has 0 atom stereocenters. The van der Waals surface area contributed by atoms with Crippen molar-refractivity contribution in [3.8, 4) is 5.75 Å². The van der Waals surface area contributed by atoms with E-state index in [0.29, 0.717) is 0 Å². The number of hydrogen-bond donors (Lipinski definition) is 0. The zero-order chi connectivity index (χ0) is 16.4. The number of halogens is 5. The maximum absolute atomic E-state index is 13.3. The van der Waals surface area contributed by atoms with Crippen LogP contribution in [0.5, 0.6) is 5.75 Å². The van der Waals surface area contributed by atoms with Gasteiger partial charge in [-0.1, -0.05) is 13.8 Å². The van der Waals surface area contributed by atoms with E-state index >= 15 is 0 Å². The summed E-state index contributed by atoms with van der Waals surface area (Å²) < 4.78 is 81.4. The normalized spacial score (nSPS) is 11.6. The van der Waals surface area contributed by atoms with Gasteiger partial charge in [0.1, 0.15) is 0 Å². The summed E-state index contributed by atoms with van der Waals surface area (Å²) in [6.07, 6.45) is -0.342. The second kappa shape index (κ2) is 6.56. The van der Waals surface area contributed by atoms with Crippen LogP contribution in [0.2, 0.25) is 0 Å². The van der Waals surface area contributed by atoms with Gasteiger partial charge in [0, 0.05) is 0 Å². The molecule has 0 saturated heterocycles. The molecule has 1 rings (SSSR count). The zero-order valence-electron chi connectivity index (χ0n) is 11.2. The Balaban J connectivity index is 3.10. The fraction of sp³-hybridized carbons (Fsp3) is 0.417. The van der Waals surface area contributed by atoms with E-state index in [1.807, 2.05) is 0 Å². The monoisotopic (exact) mass is 330 g/mol. The first kappa shape index (κ1) is 17.6. The Hall–Kier alpha value is -1.43. The lowest BCUT2D eigenvalue weighted by Gasteiger charge is -2.14. The average molecular weight is 330 g/mol. The topological polar surface area (TPSA) is 43.4 Å². The summed E-state index contributed by atoms with van der Waals surface area (Å²) in [5.41, 5.74) is 0. The molecule has 1 aromatic carbocycles. The Kier molecular flexibility index (Phi) is 5.50. The quantitative estimate of drug-likeness (QED) is 0.207. The molecule has 1 aromatic rings. The zero-order valence-corrected chi connectivity index (χ0v) is 12.1. The van der Waals surface area contributed by atoms with E-state index in [4.69, 9.17) is 0 Å². The van der Waals surface area contributed by atoms with Crippen molar-refractivity contribution in [2.45, 2.75) is 13.8 Å². The van der Waals surface area contributed by atoms with E-state index in [9.17, 15) is 31.3 Å². The molecule has 9 heteroatoms. The van der Waals surface area contributed by atoms with Gasteiger partial charge in [0.25, 0.3) is 0 Å². The van der Waals surface area contributed by atoms with Crippen LogP contribution in [0.15, 0.2) is 0 Å². The molecule has 0 spiro atoms. The van der Waals surface area contributed by atoms with E-state index in [-0.39, 0.29) is 12.3 Å². The lowest BCUT2D eigenvalue weighted by molar-refractivity contribution is -0.132. The number of carbonyl (C=O) groups excluding carboxylic acids is 1. The van der Waals surface area contributed by atoms with Crippen molar-refractivity contribution in [2.24, 2.45) is 0 Å². The molecule has 0 amide bonds. The van der Waals surface area contributed by atoms with Crippen molar-refractivity contribution in [1.29, 1.82) is 0 Å². The number of benzene rings is 1. The van der Waals surface area contributed by atoms with Gasteiger partial charge in [-0.3, -0.25) is 4.79 Å². The second-order valence-electron chi connectivity index (χ2n) is 4.22. The SMILES string of the molecule is CCP(=O)(CC)CC(=O)Oc1c(F)c(F)c(F)c(F)c1F. The van der Waals surface area contributed by atoms with Crippen LogP contribution in [0.1, 0.15) is 13.8 Å². The Labute approximate surface area is 117 Å². The number of esters is 1. The van der Waals surface area contributed by atoms with Gasteiger partial charge in [0.15, 0.2) is 0 Å². The van der Waals surface area contributed by atoms with Gasteiger partial charge >= 0.3 is 5.97 Å². The van der Waals surface area contributed by atoms with Crippen LogP contribution < -0.4 is 4.74 Å². The minimum atomic E-state index is -2.92. The molecule has 0 saturated carbocycles. The van der Waals surface area contributed by atoms with Crippen molar-refractivity contribution in [3.63, 3.8) is 0 Å². The van der Waals surface area contributed by atoms with Gasteiger partial charge in [-0.15, -0.1) is 0 Å². The number of rotatable bonds is 5. The average Bonchev–Trinajstić information content (AvgIpc) is 2.47. The summed E-state index contributed by atoms with van der Waals surface area (Å²) in [6.45, 7) is 3.10. The Morgan fingerprint density at radius 2 is 1.29 bits per heavy atom. The number of hydrogen-bond acceptors (Lipinski definition) is 3. The minimum Gasteiger partial charge on any atom is -0.420 e. The predicted molar refractivity (Wildman–Crippen MR) is 65.4 cm³/mol. The molecular weight excluding hydrogens is 318 g/mol. The third-order valence-electron chi connectivity index (χ3n) is 2.96. The second-order valence-corrected chi connectivity index (χ2v) is 7.92. The minimum absolute atomic E-state index is 0.149. The van der Waals surface area contributed by atoms with Crippen molar-refractivity contribution in [3.05, 3.63) is 29.1 Å². The van der Waals surface area contributed by atoms with Gasteiger partial charge in [0.05, 0.1) is 13.3 Å². The van der Waals surface area contributed by atoms with Crippen molar-refractivity contribution in [2.75, 3.05) is 18.5 Å². The van der Waals surface area contributed by atoms with Crippen LogP contribution in [-0.4, -0.2) is 24.5 Å². The van der Waals surface area contributed by atoms with Crippen LogP contribution in [0.25, 0.3) is 0 Å². The van der Waals surface area contributed by atoms with Crippen molar-refractivity contribution >= 4 is 13.1 Å². The molecular formula is C12H12F5O3P. The fourth-order valence-corrected chi connectivity index (χ4v) is 2.93. The van der Waals surface area contributed by atoms with Crippen LogP contribution in [0, 0.1) is 29.1 Å². The highest BCUT2D eigenvalue weighted by Crippen LogP contribution is 2.44. The van der Waals surface area contributed by atoms with Crippen LogP contribution in [0.3, 0.4) is 0 Å². The molecule has 0 unspecified atom stereocenters. The lowest BCUT2D eigenvalue weighted by atomic mass is 10.2. The van der Waals surface area contributed by atoms with Gasteiger partial charge < -0.3 is 9.30 Å². The molecule has 0 aliphatic heterocycles. The van der Waals surface area contributed by atoms with E-state index in [1.165, 1.54) is 0 Å². The number of carbonyl (C=O) groups is 1. The molecule has 0 heterocycles. The summed E-state index contributed by atoms with van der Waals surface area (Å²) in [6, 6.07) is 0. The summed E-state index contributed by atoms with van der Waals surface area (Å²) in [4.78, 5) is 11.5. The highest BCUT2D eigenvalue weighted by Gasteiger charge is 2.30. The molecule has 0 bridgehead atoms. The third-order valence-corrected chi connectivity index (χ3v) is 6.10. The van der Waals surface area contributed by atoms with Crippen molar-refractivity contribution < 1.29 is 36.0 Å². The van der Waals surface area contributed by atoms with Crippen LogP contribution >= 0.6 is 7.14 Å². The van der Waals surface area contributed by atoms with Gasteiger partial charge in [-0.25, -0.2) is 13.2 Å². The predicted octanol–water partition coefficient (Wildman–Crippen LogP) is 3.69. The molecule has 21 heavy (non-hydrogen) atoms. The Bertz CT molecular complexity index is 580. The Morgan fingerprint density at radius 1 is 0.905 bits per heavy atom. The van der Waals surface area contributed by atoms with E-state index in [2.05, 4.69) is 4.74 Å². The number of ether oxygens (including phenoxy) is 1. The first-order valence-corrected chi connectivity index (χ1v) is 8.22. The van der Waals surface area contributed by atoms with Gasteiger partial charge in [0.2, 0.25) is 34.8 Å². The summed E-state index contributed by atoms with van der Waals surface area (Å²) in [7, 11) is -2.92. The highest BCUT2D eigenvalue weighted by molar-refractivity contribution is 7.64. The van der Waals surface area contributed by atoms with Crippen LogP contribution in [-0.2, 0) is 9.36 Å². The summed E-state index contributed by atoms with van der Waals surface area (Å²) in [5.74, 6) is -14.3. The van der Waals surface area contributed by atoms with Gasteiger partial charge in [-0.05, 0) is 12.3 Å². The summed E-state index contributed by atoms with van der Waals surface area (Å²) in [5, 5.41) is 0. The molecule has 0 radical (unpaired) electrons. The van der Waals surface area contributed by atoms with E-state index < -0.39 is 54.1 Å². The first-order chi connectivity index (χ1) is 9.66. The molecule has 0 aromatic heterocycles. The smallest absolute Gasteiger partial charge is 0.318 e. The molecule has 3 nitrogen and oxygen atoms in total. The maximum Gasteiger partial charge on any atom is 0.318 e. The van der Waals surface area contributed by atoms with E-state index in [0.717, 1.165) is 0 Å². The first-order valence-electron chi connectivity index (χ1n) is 5.96. The largest absolute Gasteiger partial charge is 0.420 e. The maximum atomic E-state index is 13.3. The van der Waals surface area contributed by atoms with Gasteiger partial charge in [-0.2, -0.15) is 8.78 Å². The molecule has 118 valence electrons. The molecule has 0 aliphatic rings. The van der Waals surface area contributed by atoms with E-state index in [1.54, 1.807) is 13.8 Å². The highest BCUT2D eigenvalue weighted by atomic mass is 31.2. The molecule has 0 N–H and O–H groups in total. The standard InChI is InChI=1S/C12H12F5O3P/c1-3-21(19,4-2)5-6(18)20-12-10(16)8(14)7(13)9(15)11(12)17/h3-5H2,1-2H3. The molecule has 0 fully saturated rings. The lowest BCUT2D eigenvalue weighted by Crippen LogP contribution is -2.18. The van der Waals surface area contributed by atoms with Crippen LogP contribution in [0.4, 0.5) is 22.0 Å².